The summed E-state index contributed by atoms with van der Waals surface area (Å²) in [4.78, 5) is 13.6. The molecule has 0 aromatic carbocycles. The first-order valence-corrected chi connectivity index (χ1v) is 6.15. The summed E-state index contributed by atoms with van der Waals surface area (Å²) in [5, 5.41) is 7.61. The van der Waals surface area contributed by atoms with Gasteiger partial charge in [0.15, 0.2) is 0 Å². The Kier molecular flexibility index (Phi) is 3.47. The van der Waals surface area contributed by atoms with E-state index in [1.165, 1.54) is 0 Å². The normalized spacial score (nSPS) is 22.2. The minimum Gasteiger partial charge on any atom is -0.344 e. The highest BCUT2D eigenvalue weighted by molar-refractivity contribution is 5.83. The summed E-state index contributed by atoms with van der Waals surface area (Å²) in [6, 6.07) is 0.121. The summed E-state index contributed by atoms with van der Waals surface area (Å²) in [6.45, 7) is 5.85. The number of aromatic nitrogens is 2. The molecule has 94 valence electrons. The molecule has 1 aliphatic heterocycles. The summed E-state index contributed by atoms with van der Waals surface area (Å²) in [7, 11) is 1.85. The van der Waals surface area contributed by atoms with E-state index in [1.54, 1.807) is 4.90 Å². The van der Waals surface area contributed by atoms with Gasteiger partial charge < -0.3 is 4.90 Å². The number of aryl methyl sites for hydroxylation is 1. The quantitative estimate of drug-likeness (QED) is 0.840. The Bertz CT molecular complexity index is 401. The van der Waals surface area contributed by atoms with Gasteiger partial charge in [-0.25, -0.2) is 0 Å². The number of rotatable bonds is 4. The molecule has 1 amide bonds. The predicted octanol–water partition coefficient (Wildman–Crippen LogP) is 0.784. The van der Waals surface area contributed by atoms with Gasteiger partial charge in [0, 0.05) is 37.9 Å². The zero-order valence-electron chi connectivity index (χ0n) is 10.7. The summed E-state index contributed by atoms with van der Waals surface area (Å²) in [5.41, 5.74) is 1.13. The van der Waals surface area contributed by atoms with Crippen LogP contribution in [0.15, 0.2) is 12.4 Å². The van der Waals surface area contributed by atoms with Crippen molar-refractivity contribution in [3.63, 3.8) is 0 Å². The molecule has 1 aromatic rings. The summed E-state index contributed by atoms with van der Waals surface area (Å²) < 4.78 is 1.90. The Balaban J connectivity index is 1.97. The molecule has 0 spiro atoms. The van der Waals surface area contributed by atoms with E-state index in [4.69, 9.17) is 0 Å². The number of likely N-dealkylation sites (N-methyl/N-ethyl adjacent to an activating group) is 1. The lowest BCUT2D eigenvalue weighted by Crippen LogP contribution is -2.38. The largest absolute Gasteiger partial charge is 0.344 e. The van der Waals surface area contributed by atoms with E-state index < -0.39 is 0 Å². The van der Waals surface area contributed by atoms with Crippen molar-refractivity contribution in [3.8, 4) is 0 Å². The van der Waals surface area contributed by atoms with Crippen LogP contribution in [0.3, 0.4) is 0 Å². The molecule has 1 fully saturated rings. The lowest BCUT2D eigenvalue weighted by Gasteiger charge is -2.17. The number of hydrogen-bond acceptors (Lipinski definition) is 3. The van der Waals surface area contributed by atoms with Crippen LogP contribution in [0.4, 0.5) is 0 Å². The monoisotopic (exact) mass is 236 g/mol. The van der Waals surface area contributed by atoms with E-state index >= 15 is 0 Å². The van der Waals surface area contributed by atoms with Crippen LogP contribution in [-0.2, 0) is 11.3 Å². The molecule has 2 atom stereocenters. The second-order valence-electron chi connectivity index (χ2n) is 4.62. The van der Waals surface area contributed by atoms with Gasteiger partial charge in [-0.1, -0.05) is 0 Å². The third-order valence-corrected chi connectivity index (χ3v) is 3.36. The molecule has 5 nitrogen and oxygen atoms in total. The van der Waals surface area contributed by atoms with Crippen molar-refractivity contribution in [1.82, 2.24) is 20.0 Å². The molecular weight excluding hydrogens is 216 g/mol. The van der Waals surface area contributed by atoms with Crippen LogP contribution in [0.1, 0.15) is 31.9 Å². The van der Waals surface area contributed by atoms with Gasteiger partial charge in [-0.15, -0.1) is 0 Å². The van der Waals surface area contributed by atoms with E-state index in [9.17, 15) is 4.79 Å². The lowest BCUT2D eigenvalue weighted by atomic mass is 10.1. The molecule has 0 radical (unpaired) electrons. The van der Waals surface area contributed by atoms with Crippen molar-refractivity contribution < 1.29 is 4.79 Å². The molecule has 0 aliphatic carbocycles. The van der Waals surface area contributed by atoms with Crippen LogP contribution in [0.2, 0.25) is 0 Å². The third kappa shape index (κ3) is 2.49. The maximum Gasteiger partial charge on any atom is 0.239 e. The number of nitrogens with zero attached hydrogens (tertiary/aromatic N) is 3. The van der Waals surface area contributed by atoms with Gasteiger partial charge in [0.2, 0.25) is 5.91 Å². The number of carbonyl (C=O) groups excluding carboxylic acids is 1. The number of amides is 1. The first kappa shape index (κ1) is 12.1. The predicted molar refractivity (Wildman–Crippen MR) is 65.5 cm³/mol. The van der Waals surface area contributed by atoms with E-state index in [0.717, 1.165) is 25.1 Å². The number of hydrogen-bond donors (Lipinski definition) is 1. The van der Waals surface area contributed by atoms with E-state index in [-0.39, 0.29) is 18.0 Å². The van der Waals surface area contributed by atoms with Crippen LogP contribution < -0.4 is 5.32 Å². The topological polar surface area (TPSA) is 50.2 Å². The molecule has 1 aliphatic rings. The zero-order chi connectivity index (χ0) is 12.4. The maximum atomic E-state index is 11.8. The van der Waals surface area contributed by atoms with Crippen LogP contribution >= 0.6 is 0 Å². The standard InChI is InChI=1S/C12H20N4O/c1-4-16-8-10(7-13-16)9(2)14-11-5-6-15(3)12(11)17/h7-9,11,14H,4-6H2,1-3H3. The lowest BCUT2D eigenvalue weighted by molar-refractivity contribution is -0.128. The zero-order valence-corrected chi connectivity index (χ0v) is 10.7. The van der Waals surface area contributed by atoms with Crippen molar-refractivity contribution in [2.45, 2.75) is 38.9 Å². The second kappa shape index (κ2) is 4.87. The fourth-order valence-corrected chi connectivity index (χ4v) is 2.15. The van der Waals surface area contributed by atoms with Crippen LogP contribution in [0.5, 0.6) is 0 Å². The molecule has 2 rings (SSSR count). The highest BCUT2D eigenvalue weighted by Gasteiger charge is 2.30. The smallest absolute Gasteiger partial charge is 0.239 e. The molecule has 2 unspecified atom stereocenters. The molecule has 1 N–H and O–H groups in total. The molecule has 5 heteroatoms. The van der Waals surface area contributed by atoms with E-state index in [0.29, 0.717) is 0 Å². The summed E-state index contributed by atoms with van der Waals surface area (Å²) in [6.07, 6.45) is 4.78. The van der Waals surface area contributed by atoms with Gasteiger partial charge in [0.1, 0.15) is 0 Å². The fraction of sp³-hybridized carbons (Fsp3) is 0.667. The van der Waals surface area contributed by atoms with Gasteiger partial charge in [0.05, 0.1) is 12.2 Å². The van der Waals surface area contributed by atoms with Crippen LogP contribution in [0, 0.1) is 0 Å². The average molecular weight is 236 g/mol. The Morgan fingerprint density at radius 3 is 2.94 bits per heavy atom. The molecule has 1 aromatic heterocycles. The Morgan fingerprint density at radius 2 is 2.41 bits per heavy atom. The number of nitrogens with one attached hydrogen (secondary N) is 1. The van der Waals surface area contributed by atoms with Crippen LogP contribution in [-0.4, -0.2) is 40.2 Å². The molecule has 0 saturated carbocycles. The molecular formula is C12H20N4O. The van der Waals surface area contributed by atoms with E-state index in [2.05, 4.69) is 24.3 Å². The van der Waals surface area contributed by atoms with Gasteiger partial charge >= 0.3 is 0 Å². The third-order valence-electron chi connectivity index (χ3n) is 3.36. The van der Waals surface area contributed by atoms with Gasteiger partial charge in [-0.2, -0.15) is 5.10 Å². The minimum absolute atomic E-state index is 0.0417. The maximum absolute atomic E-state index is 11.8. The first-order chi connectivity index (χ1) is 8.11. The van der Waals surface area contributed by atoms with Gasteiger partial charge in [-0.05, 0) is 20.3 Å². The fourth-order valence-electron chi connectivity index (χ4n) is 2.15. The highest BCUT2D eigenvalue weighted by Crippen LogP contribution is 2.16. The molecule has 17 heavy (non-hydrogen) atoms. The first-order valence-electron chi connectivity index (χ1n) is 6.15. The Hall–Kier alpha value is -1.36. The summed E-state index contributed by atoms with van der Waals surface area (Å²) in [5.74, 6) is 0.194. The summed E-state index contributed by atoms with van der Waals surface area (Å²) >= 11 is 0. The number of likely N-dealkylation sites (tertiary alicyclic amines) is 1. The molecule has 0 bridgehead atoms. The molecule has 1 saturated heterocycles. The SMILES string of the molecule is CCn1cc(C(C)NC2CCN(C)C2=O)cn1. The molecule has 2 heterocycles. The van der Waals surface area contributed by atoms with Crippen molar-refractivity contribution in [2.75, 3.05) is 13.6 Å². The van der Waals surface area contributed by atoms with E-state index in [1.807, 2.05) is 24.1 Å². The van der Waals surface area contributed by atoms with Crippen molar-refractivity contribution in [2.24, 2.45) is 0 Å². The average Bonchev–Trinajstić information content (AvgIpc) is 2.91. The highest BCUT2D eigenvalue weighted by atomic mass is 16.2. The second-order valence-corrected chi connectivity index (χ2v) is 4.62. The Morgan fingerprint density at radius 1 is 1.65 bits per heavy atom. The van der Waals surface area contributed by atoms with Gasteiger partial charge in [0.25, 0.3) is 0 Å². The van der Waals surface area contributed by atoms with Gasteiger partial charge in [-0.3, -0.25) is 14.8 Å². The number of carbonyl (C=O) groups is 1. The van der Waals surface area contributed by atoms with Crippen molar-refractivity contribution in [3.05, 3.63) is 18.0 Å². The van der Waals surface area contributed by atoms with Crippen LogP contribution in [0.25, 0.3) is 0 Å². The Labute approximate surface area is 102 Å². The van der Waals surface area contributed by atoms with Crippen molar-refractivity contribution in [1.29, 1.82) is 0 Å². The van der Waals surface area contributed by atoms with Crippen molar-refractivity contribution >= 4 is 5.91 Å². The minimum atomic E-state index is -0.0417.